The number of hydrogen-bond donors (Lipinski definition) is 2. The maximum atomic E-state index is 12.2. The third-order valence-corrected chi connectivity index (χ3v) is 2.98. The van der Waals surface area contributed by atoms with Gasteiger partial charge < -0.3 is 15.7 Å². The normalized spacial score (nSPS) is 11.9. The van der Waals surface area contributed by atoms with Crippen LogP contribution >= 0.6 is 0 Å². The summed E-state index contributed by atoms with van der Waals surface area (Å²) in [6.07, 6.45) is 0.0407. The van der Waals surface area contributed by atoms with Crippen LogP contribution in [0.5, 0.6) is 0 Å². The predicted molar refractivity (Wildman–Crippen MR) is 74.9 cm³/mol. The van der Waals surface area contributed by atoms with E-state index in [1.165, 1.54) is 0 Å². The van der Waals surface area contributed by atoms with Crippen LogP contribution in [-0.2, 0) is 16.1 Å². The highest BCUT2D eigenvalue weighted by Gasteiger charge is 2.21. The molecule has 0 spiro atoms. The van der Waals surface area contributed by atoms with Gasteiger partial charge in [-0.15, -0.1) is 0 Å². The summed E-state index contributed by atoms with van der Waals surface area (Å²) in [7, 11) is 0. The highest BCUT2D eigenvalue weighted by Crippen LogP contribution is 2.07. The van der Waals surface area contributed by atoms with Crippen LogP contribution in [0.3, 0.4) is 0 Å². The summed E-state index contributed by atoms with van der Waals surface area (Å²) in [6, 6.07) is 4.85. The van der Waals surface area contributed by atoms with Gasteiger partial charge in [-0.2, -0.15) is 0 Å². The molecule has 110 valence electrons. The van der Waals surface area contributed by atoms with Crippen molar-refractivity contribution in [3.05, 3.63) is 29.6 Å². The third-order valence-electron chi connectivity index (χ3n) is 2.98. The summed E-state index contributed by atoms with van der Waals surface area (Å²) in [5.74, 6) is -1.19. The number of nitrogens with zero attached hydrogens (tertiary/aromatic N) is 2. The van der Waals surface area contributed by atoms with Gasteiger partial charge in [0.2, 0.25) is 5.91 Å². The van der Waals surface area contributed by atoms with Crippen LogP contribution in [0.1, 0.15) is 31.2 Å². The number of carboxylic acids is 1. The van der Waals surface area contributed by atoms with Crippen molar-refractivity contribution in [2.75, 3.05) is 6.54 Å². The minimum atomic E-state index is -0.948. The van der Waals surface area contributed by atoms with E-state index >= 15 is 0 Å². The minimum Gasteiger partial charge on any atom is -0.481 e. The van der Waals surface area contributed by atoms with Crippen LogP contribution in [0.4, 0.5) is 0 Å². The number of nitrogens with two attached hydrogens (primary N) is 1. The largest absolute Gasteiger partial charge is 0.481 e. The van der Waals surface area contributed by atoms with Crippen LogP contribution < -0.4 is 5.73 Å². The molecule has 1 aromatic heterocycles. The molecule has 6 nitrogen and oxygen atoms in total. The van der Waals surface area contributed by atoms with Crippen molar-refractivity contribution in [3.63, 3.8) is 0 Å². The molecule has 1 heterocycles. The van der Waals surface area contributed by atoms with Gasteiger partial charge in [0.05, 0.1) is 18.3 Å². The second-order valence-electron chi connectivity index (χ2n) is 4.66. The Balaban J connectivity index is 2.65. The Morgan fingerprint density at radius 1 is 1.45 bits per heavy atom. The number of pyridine rings is 1. The summed E-state index contributed by atoms with van der Waals surface area (Å²) in [4.78, 5) is 28.6. The lowest BCUT2D eigenvalue weighted by Gasteiger charge is -2.24. The fraction of sp³-hybridized carbons (Fsp3) is 0.500. The van der Waals surface area contributed by atoms with Crippen LogP contribution in [-0.4, -0.2) is 39.5 Å². The van der Waals surface area contributed by atoms with Gasteiger partial charge >= 0.3 is 5.97 Å². The summed E-state index contributed by atoms with van der Waals surface area (Å²) < 4.78 is 0. The predicted octanol–water partition coefficient (Wildman–Crippen LogP) is 0.931. The van der Waals surface area contributed by atoms with Gasteiger partial charge in [-0.05, 0) is 32.4 Å². The Morgan fingerprint density at radius 3 is 2.70 bits per heavy atom. The van der Waals surface area contributed by atoms with E-state index in [0.717, 1.165) is 11.4 Å². The molecule has 0 radical (unpaired) electrons. The van der Waals surface area contributed by atoms with Gasteiger partial charge in [-0.3, -0.25) is 14.6 Å². The van der Waals surface area contributed by atoms with Gasteiger partial charge in [0.25, 0.3) is 0 Å². The lowest BCUT2D eigenvalue weighted by molar-refractivity contribution is -0.137. The minimum absolute atomic E-state index is 0.104. The first kappa shape index (κ1) is 16.1. The highest BCUT2D eigenvalue weighted by atomic mass is 16.4. The average molecular weight is 279 g/mol. The molecule has 0 fully saturated rings. The molecule has 20 heavy (non-hydrogen) atoms. The van der Waals surface area contributed by atoms with Crippen molar-refractivity contribution in [2.24, 2.45) is 5.73 Å². The van der Waals surface area contributed by atoms with Gasteiger partial charge in [-0.1, -0.05) is 6.07 Å². The SMILES string of the molecule is CCN(Cc1cccc(C)n1)C(=O)C(N)CCC(=O)O. The van der Waals surface area contributed by atoms with E-state index in [2.05, 4.69) is 4.98 Å². The van der Waals surface area contributed by atoms with E-state index in [4.69, 9.17) is 10.8 Å². The Bertz CT molecular complexity index is 476. The first-order chi connectivity index (χ1) is 9.43. The maximum Gasteiger partial charge on any atom is 0.303 e. The van der Waals surface area contributed by atoms with E-state index < -0.39 is 12.0 Å². The van der Waals surface area contributed by atoms with E-state index in [0.29, 0.717) is 13.1 Å². The third kappa shape index (κ3) is 4.97. The van der Waals surface area contributed by atoms with Crippen molar-refractivity contribution < 1.29 is 14.7 Å². The Hall–Kier alpha value is -1.95. The second kappa shape index (κ2) is 7.59. The summed E-state index contributed by atoms with van der Waals surface area (Å²) >= 11 is 0. The van der Waals surface area contributed by atoms with Crippen molar-refractivity contribution in [2.45, 2.75) is 39.3 Å². The summed E-state index contributed by atoms with van der Waals surface area (Å²) in [5.41, 5.74) is 7.44. The molecule has 1 rings (SSSR count). The lowest BCUT2D eigenvalue weighted by Crippen LogP contribution is -2.43. The maximum absolute atomic E-state index is 12.2. The number of carboxylic acid groups (broad SMARTS) is 1. The molecular formula is C14H21N3O3. The topological polar surface area (TPSA) is 96.5 Å². The summed E-state index contributed by atoms with van der Waals surface area (Å²) in [5, 5.41) is 8.62. The van der Waals surface area contributed by atoms with Crippen LogP contribution in [0.25, 0.3) is 0 Å². The Labute approximate surface area is 118 Å². The van der Waals surface area contributed by atoms with Gasteiger partial charge in [0.1, 0.15) is 0 Å². The molecule has 0 aliphatic heterocycles. The second-order valence-corrected chi connectivity index (χ2v) is 4.66. The molecule has 6 heteroatoms. The smallest absolute Gasteiger partial charge is 0.303 e. The molecule has 0 bridgehead atoms. The van der Waals surface area contributed by atoms with Crippen molar-refractivity contribution in [1.29, 1.82) is 0 Å². The van der Waals surface area contributed by atoms with E-state index in [1.54, 1.807) is 4.90 Å². The van der Waals surface area contributed by atoms with Crippen LogP contribution in [0, 0.1) is 6.92 Å². The molecule has 1 atom stereocenters. The summed E-state index contributed by atoms with van der Waals surface area (Å²) in [6.45, 7) is 4.64. The van der Waals surface area contributed by atoms with E-state index in [-0.39, 0.29) is 18.7 Å². The number of likely N-dealkylation sites (N-methyl/N-ethyl adjacent to an activating group) is 1. The Kier molecular flexibility index (Phi) is 6.11. The Morgan fingerprint density at radius 2 is 2.15 bits per heavy atom. The van der Waals surface area contributed by atoms with Gasteiger partial charge in [-0.25, -0.2) is 0 Å². The van der Waals surface area contributed by atoms with Crippen molar-refractivity contribution in [3.8, 4) is 0 Å². The fourth-order valence-corrected chi connectivity index (χ4v) is 1.87. The molecule has 0 aliphatic rings. The quantitative estimate of drug-likeness (QED) is 0.774. The molecule has 1 amide bonds. The molecule has 1 unspecified atom stereocenters. The number of aliphatic carboxylic acids is 1. The number of amides is 1. The number of carbonyl (C=O) groups excluding carboxylic acids is 1. The molecular weight excluding hydrogens is 258 g/mol. The first-order valence-corrected chi connectivity index (χ1v) is 6.62. The van der Waals surface area contributed by atoms with E-state index in [1.807, 2.05) is 32.0 Å². The number of aromatic nitrogens is 1. The molecule has 3 N–H and O–H groups in total. The van der Waals surface area contributed by atoms with E-state index in [9.17, 15) is 9.59 Å². The zero-order valence-corrected chi connectivity index (χ0v) is 11.9. The number of rotatable bonds is 7. The zero-order valence-electron chi connectivity index (χ0n) is 11.9. The van der Waals surface area contributed by atoms with Crippen molar-refractivity contribution in [1.82, 2.24) is 9.88 Å². The first-order valence-electron chi connectivity index (χ1n) is 6.62. The molecule has 1 aromatic rings. The number of hydrogen-bond acceptors (Lipinski definition) is 4. The zero-order chi connectivity index (χ0) is 15.1. The molecule has 0 saturated heterocycles. The lowest BCUT2D eigenvalue weighted by atomic mass is 10.1. The van der Waals surface area contributed by atoms with Gasteiger partial charge in [0.15, 0.2) is 0 Å². The number of aryl methyl sites for hydroxylation is 1. The van der Waals surface area contributed by atoms with Crippen LogP contribution in [0.2, 0.25) is 0 Å². The molecule has 0 saturated carbocycles. The van der Waals surface area contributed by atoms with Gasteiger partial charge in [0, 0.05) is 18.7 Å². The number of carbonyl (C=O) groups is 2. The standard InChI is InChI=1S/C14H21N3O3/c1-3-17(9-11-6-4-5-10(2)16-11)14(20)12(15)7-8-13(18)19/h4-6,12H,3,7-9,15H2,1-2H3,(H,18,19). The molecule has 0 aliphatic carbocycles. The fourth-order valence-electron chi connectivity index (χ4n) is 1.87. The monoisotopic (exact) mass is 279 g/mol. The molecule has 0 aromatic carbocycles. The van der Waals surface area contributed by atoms with Crippen molar-refractivity contribution >= 4 is 11.9 Å². The van der Waals surface area contributed by atoms with Crippen LogP contribution in [0.15, 0.2) is 18.2 Å². The highest BCUT2D eigenvalue weighted by molar-refractivity contribution is 5.82. The average Bonchev–Trinajstić information content (AvgIpc) is 2.41.